The third kappa shape index (κ3) is 21.6. The molecule has 0 aliphatic carbocycles. The number of benzene rings is 4. The average molecular weight is 1480 g/mol. The molecule has 0 saturated carbocycles. The summed E-state index contributed by atoms with van der Waals surface area (Å²) in [4.78, 5) is 34.3. The van der Waals surface area contributed by atoms with Crippen molar-refractivity contribution in [3.05, 3.63) is 108 Å². The van der Waals surface area contributed by atoms with Gasteiger partial charge in [0.15, 0.2) is 0 Å². The second-order valence-electron chi connectivity index (χ2n) is 13.8. The molecule has 4 aromatic carbocycles. The molecule has 7 rings (SSSR count). The van der Waals surface area contributed by atoms with Crippen LogP contribution in [0.15, 0.2) is 131 Å². The van der Waals surface area contributed by atoms with Gasteiger partial charge in [0.2, 0.25) is 17.2 Å². The fourth-order valence-electron chi connectivity index (χ4n) is 5.76. The van der Waals surface area contributed by atoms with Gasteiger partial charge in [-0.1, -0.05) is 0 Å². The number of alkyl halides is 1. The molecule has 0 radical (unpaired) electrons. The number of rotatable bonds is 18. The van der Waals surface area contributed by atoms with E-state index in [1.807, 2.05) is 4.93 Å². The molecule has 7 aromatic rings. The van der Waals surface area contributed by atoms with Crippen molar-refractivity contribution in [2.75, 3.05) is 32.3 Å². The van der Waals surface area contributed by atoms with Crippen molar-refractivity contribution < 1.29 is 198 Å². The van der Waals surface area contributed by atoms with Gasteiger partial charge in [-0.2, -0.15) is 19.3 Å². The molecule has 0 bridgehead atoms. The van der Waals surface area contributed by atoms with Crippen molar-refractivity contribution in [2.24, 2.45) is 26.2 Å². The molecule has 0 aliphatic heterocycles. The summed E-state index contributed by atoms with van der Waals surface area (Å²) in [7, 11) is -15.5. The number of nitrogens with one attached hydrogen (secondary N) is 3. The van der Waals surface area contributed by atoms with Gasteiger partial charge in [0.25, 0.3) is 5.91 Å². The van der Waals surface area contributed by atoms with E-state index < -0.39 is 102 Å². The number of amides is 1. The predicted molar refractivity (Wildman–Crippen MR) is 275 cm³/mol. The van der Waals surface area contributed by atoms with Crippen LogP contribution >= 0.6 is 59.3 Å². The summed E-state index contributed by atoms with van der Waals surface area (Å²) in [5.74, 6) is -1.95. The van der Waals surface area contributed by atoms with Crippen LogP contribution in [0.3, 0.4) is 0 Å². The Morgan fingerprint density at radius 1 is 0.738 bits per heavy atom. The molecule has 0 saturated heterocycles. The van der Waals surface area contributed by atoms with Crippen LogP contribution in [0.1, 0.15) is 10.4 Å². The maximum absolute atomic E-state index is 14.6. The molecule has 30 nitrogen and oxygen atoms in total. The summed E-state index contributed by atoms with van der Waals surface area (Å²) in [6.07, 6.45) is 1.38. The van der Waals surface area contributed by atoms with Crippen LogP contribution < -0.4 is 174 Å². The number of nitrogen functional groups attached to an aromatic ring is 2. The monoisotopic (exact) mass is 1480 g/mol. The number of carbonyl (C=O) groups excluding carboxylic acids is 1. The Morgan fingerprint density at radius 3 is 1.82 bits per heavy atom. The maximum atomic E-state index is 14.6. The van der Waals surface area contributed by atoms with Crippen molar-refractivity contribution in [1.82, 2.24) is 29.9 Å². The molecular weight excluding hydrogens is 1450 g/mol. The Balaban J connectivity index is 0.00000353. The zero-order valence-electron chi connectivity index (χ0n) is 42.1. The largest absolute Gasteiger partial charge is 1.00 e. The van der Waals surface area contributed by atoms with Crippen molar-refractivity contribution >= 4 is 165 Å². The van der Waals surface area contributed by atoms with E-state index in [1.54, 1.807) is 0 Å². The van der Waals surface area contributed by atoms with Crippen molar-refractivity contribution in [3.8, 4) is 5.95 Å². The Morgan fingerprint density at radius 2 is 1.26 bits per heavy atom. The molecule has 3 aromatic heterocycles. The van der Waals surface area contributed by atoms with Crippen molar-refractivity contribution in [3.63, 3.8) is 0 Å². The fraction of sp³-hybridized carbons (Fsp3) is 0.0270. The molecular formula is C37H28Cl2FI2N17Na4O13S4. The summed E-state index contributed by atoms with van der Waals surface area (Å²) >= 11 is 7.50. The number of hydrogen-bond acceptors (Lipinski definition) is 29. The molecule has 3 heterocycles. The van der Waals surface area contributed by atoms with E-state index >= 15 is 0 Å². The number of aromatic nitrogens is 7. The van der Waals surface area contributed by atoms with Gasteiger partial charge in [-0.3, -0.25) is 9.83 Å². The van der Waals surface area contributed by atoms with Gasteiger partial charge in [-0.05, 0) is 100 Å². The van der Waals surface area contributed by atoms with Crippen LogP contribution in [0.2, 0.25) is 5.28 Å². The van der Waals surface area contributed by atoms with Crippen LogP contribution in [-0.4, -0.2) is 80.2 Å². The van der Waals surface area contributed by atoms with Gasteiger partial charge in [-0.25, -0.2) is 29.8 Å². The number of azo groups is 2. The number of hydrogen-bond donors (Lipinski definition) is 6. The zero-order valence-corrected chi connectivity index (χ0v) is 58.2. The minimum absolute atomic E-state index is 0. The maximum Gasteiger partial charge on any atom is 1.00 e. The first-order chi connectivity index (χ1) is 35.7. The van der Waals surface area contributed by atoms with Gasteiger partial charge < -0.3 is 64.5 Å². The first kappa shape index (κ1) is 73.8. The second kappa shape index (κ2) is 34.0. The second-order valence-corrected chi connectivity index (χ2v) is 25.2. The van der Waals surface area contributed by atoms with E-state index in [2.05, 4.69) is 94.3 Å². The molecule has 0 unspecified atom stereocenters. The topological polar surface area (TPSA) is 475 Å². The first-order valence-electron chi connectivity index (χ1n) is 19.7. The van der Waals surface area contributed by atoms with Gasteiger partial charge in [0.05, 0.1) is 61.0 Å². The van der Waals surface area contributed by atoms with Crippen molar-refractivity contribution in [1.29, 1.82) is 0.594 Å². The number of carbonyl (C=O) groups is 1. The SMILES string of the molecule is NC(=O)c1ccc[n+](-c2nc(F)nc(Nc3ccc(SOO[O-])c(N=Nc4c(N)c(N=Nc5cc(Nc6nc(Cl)nc(Nc7ccc(S(=O)(=O)[O-])cc7)n6)ccc5S(=O)(=O)[O-])cc(S(=O)(=O)[O-])c4N)c3)n2)c1.[2H]I(C)I.[Cl-].[Na+].[Na+].[Na+].[Na+]. The third-order valence-corrected chi connectivity index (χ3v) is 12.3. The molecule has 80 heavy (non-hydrogen) atoms. The summed E-state index contributed by atoms with van der Waals surface area (Å²) in [5.41, 5.74) is 14.1. The van der Waals surface area contributed by atoms with E-state index in [1.165, 1.54) is 59.4 Å². The molecule has 43 heteroatoms. The van der Waals surface area contributed by atoms with E-state index in [0.717, 1.165) is 30.3 Å². The normalized spacial score (nSPS) is 11.4. The number of nitrogens with zero attached hydrogens (tertiary/aromatic N) is 11. The summed E-state index contributed by atoms with van der Waals surface area (Å²) < 4.78 is 135. The molecule has 402 valence electrons. The first-order valence-corrected chi connectivity index (χ1v) is 33.2. The number of nitrogens with two attached hydrogens (primary N) is 3. The van der Waals surface area contributed by atoms with Crippen LogP contribution in [0, 0.1) is 6.08 Å². The Labute approximate surface area is 576 Å². The quantitative estimate of drug-likeness (QED) is 0.00444. The minimum atomic E-state index is -5.49. The predicted octanol–water partition coefficient (Wildman–Crippen LogP) is -9.92. The Hall–Kier alpha value is -2.35. The fourth-order valence-corrected chi connectivity index (χ4v) is 8.01. The molecule has 0 aliphatic rings. The van der Waals surface area contributed by atoms with E-state index in [-0.39, 0.29) is 193 Å². The molecule has 1 amide bonds. The van der Waals surface area contributed by atoms with Crippen LogP contribution in [0.4, 0.5) is 73.4 Å². The number of pyridine rings is 1. The van der Waals surface area contributed by atoms with E-state index in [4.69, 9.17) is 29.4 Å². The summed E-state index contributed by atoms with van der Waals surface area (Å²) in [5, 5.41) is 37.4. The smallest absolute Gasteiger partial charge is 1.00 e. The molecule has 0 atom stereocenters. The van der Waals surface area contributed by atoms with Gasteiger partial charge in [0, 0.05) is 17.1 Å². The van der Waals surface area contributed by atoms with Crippen LogP contribution in [0.25, 0.3) is 5.95 Å². The molecule has 9 N–H and O–H groups in total. The third-order valence-electron chi connectivity index (χ3n) is 8.88. The van der Waals surface area contributed by atoms with Crippen LogP contribution in [-0.2, 0) is 39.7 Å². The average Bonchev–Trinajstić information content (AvgIpc) is 3.32. The van der Waals surface area contributed by atoms with E-state index in [9.17, 15) is 53.4 Å². The molecule has 0 fully saturated rings. The summed E-state index contributed by atoms with van der Waals surface area (Å²) in [6.45, 7) is 0. The Bertz CT molecular complexity index is 3800. The van der Waals surface area contributed by atoms with Gasteiger partial charge in [0.1, 0.15) is 53.1 Å². The van der Waals surface area contributed by atoms with Crippen LogP contribution in [0.5, 0.6) is 0 Å². The standard InChI is InChI=1S/C36H27ClFN17O13S4.CH4I2.ClH.4Na/c37-31-45-33(42-17-3-7-20(8-4-17)70(58,59)60)49-34(46-31)43-19-6-10-25(71(61,62)63)22(13-19)52-53-23-14-26(72(64,65)66)28(40)29(27(23)39)54-51-21-12-18(5-9-24(21)69-68-67-57)44-35-47-32(38)48-36(50-35)55-11-1-2-16(15-55)30(41)56;1-3-2;;;;;/h1-15H,(H12-,39,40,41,42,43,44,45,46,47,48,49,50,51,52,56,57,58,59,60,61,62,63,64,65,66);3H,1H3;1H;;;;/q;;;4*+1/p-4/i;3D;;;;;. The number of primary amides is 1. The van der Waals surface area contributed by atoms with Gasteiger partial charge in [-0.15, -0.1) is 29.8 Å². The minimum Gasteiger partial charge on any atom is -1.00 e. The van der Waals surface area contributed by atoms with E-state index in [0.29, 0.717) is 18.1 Å². The van der Waals surface area contributed by atoms with Crippen molar-refractivity contribution in [2.45, 2.75) is 19.6 Å². The number of anilines is 8. The molecule has 0 spiro atoms. The number of halogens is 5. The Kier molecular flexibility index (Phi) is 31.3. The zero-order chi connectivity index (χ0) is 55.7. The summed E-state index contributed by atoms with van der Waals surface area (Å²) in [6, 6.07) is 14.6. The van der Waals surface area contributed by atoms with Gasteiger partial charge >= 0.3 is 177 Å².